The molecule has 1 saturated carbocycles. The van der Waals surface area contributed by atoms with Crippen molar-refractivity contribution in [2.75, 3.05) is 6.61 Å². The van der Waals surface area contributed by atoms with Crippen LogP contribution in [0.1, 0.15) is 68.2 Å². The number of rotatable bonds is 8. The van der Waals surface area contributed by atoms with Crippen LogP contribution in [0.2, 0.25) is 0 Å². The summed E-state index contributed by atoms with van der Waals surface area (Å²) in [4.78, 5) is 59.5. The van der Waals surface area contributed by atoms with Crippen molar-refractivity contribution in [3.8, 4) is 0 Å². The Morgan fingerprint density at radius 2 is 1.41 bits per heavy atom. The average Bonchev–Trinajstić information content (AvgIpc) is 2.73. The third kappa shape index (κ3) is 8.72. The van der Waals surface area contributed by atoms with Gasteiger partial charge in [0.1, 0.15) is 12.7 Å². The molecule has 0 amide bonds. The van der Waals surface area contributed by atoms with Gasteiger partial charge in [0.2, 0.25) is 0 Å². The highest BCUT2D eigenvalue weighted by Crippen LogP contribution is 2.48. The van der Waals surface area contributed by atoms with Gasteiger partial charge < -0.3 is 33.5 Å². The Morgan fingerprint density at radius 1 is 0.872 bits per heavy atom. The quantitative estimate of drug-likeness (QED) is 0.200. The van der Waals surface area contributed by atoms with Crippen molar-refractivity contribution in [1.29, 1.82) is 0 Å². The summed E-state index contributed by atoms with van der Waals surface area (Å²) in [5, 5.41) is 10.7. The Bertz CT molecular complexity index is 1040. The van der Waals surface area contributed by atoms with E-state index in [0.29, 0.717) is 12.0 Å². The Balaban J connectivity index is 2.65. The summed E-state index contributed by atoms with van der Waals surface area (Å²) in [6.45, 7) is 10.9. The summed E-state index contributed by atoms with van der Waals surface area (Å²) in [5.41, 5.74) is 1.58. The normalized spacial score (nSPS) is 31.8. The number of ketones is 1. The molecule has 0 spiro atoms. The number of carbonyl (C=O) groups excluding carboxylic acids is 5. The van der Waals surface area contributed by atoms with Crippen LogP contribution in [0.25, 0.3) is 0 Å². The van der Waals surface area contributed by atoms with Gasteiger partial charge in [-0.3, -0.25) is 24.0 Å². The second-order valence-corrected chi connectivity index (χ2v) is 10.6. The molecule has 0 aromatic carbocycles. The fourth-order valence-corrected chi connectivity index (χ4v) is 5.20. The molecule has 1 aliphatic carbocycles. The van der Waals surface area contributed by atoms with Crippen LogP contribution >= 0.6 is 0 Å². The first-order valence-electron chi connectivity index (χ1n) is 12.6. The first-order chi connectivity index (χ1) is 17.9. The maximum absolute atomic E-state index is 12.1. The number of hydrogen-bond donors (Lipinski definition) is 1. The summed E-state index contributed by atoms with van der Waals surface area (Å²) in [6, 6.07) is 0. The molecule has 2 fully saturated rings. The van der Waals surface area contributed by atoms with Gasteiger partial charge in [-0.15, -0.1) is 5.73 Å². The van der Waals surface area contributed by atoms with E-state index in [1.54, 1.807) is 6.92 Å². The highest BCUT2D eigenvalue weighted by molar-refractivity contribution is 5.87. The van der Waals surface area contributed by atoms with Crippen LogP contribution < -0.4 is 0 Å². The molecular weight excluding hydrogens is 516 g/mol. The minimum absolute atomic E-state index is 0.0668. The van der Waals surface area contributed by atoms with Crippen molar-refractivity contribution in [3.05, 3.63) is 17.4 Å². The van der Waals surface area contributed by atoms with E-state index in [1.807, 2.05) is 13.8 Å². The van der Waals surface area contributed by atoms with Gasteiger partial charge in [0.05, 0.1) is 11.7 Å². The van der Waals surface area contributed by atoms with Crippen molar-refractivity contribution in [2.45, 2.75) is 111 Å². The first-order valence-corrected chi connectivity index (χ1v) is 12.6. The van der Waals surface area contributed by atoms with Gasteiger partial charge in [0.25, 0.3) is 0 Å². The van der Waals surface area contributed by atoms with Gasteiger partial charge in [0.15, 0.2) is 30.4 Å². The average molecular weight is 555 g/mol. The lowest BCUT2D eigenvalue weighted by Crippen LogP contribution is -2.64. The zero-order chi connectivity index (χ0) is 29.7. The fraction of sp³-hybridized carbons (Fsp3) is 0.704. The molecule has 1 heterocycles. The molecule has 0 aromatic rings. The Morgan fingerprint density at radius 3 is 1.92 bits per heavy atom. The Hall–Kier alpha value is -3.05. The fourth-order valence-electron chi connectivity index (χ4n) is 5.20. The maximum atomic E-state index is 12.1. The molecule has 12 heteroatoms. The van der Waals surface area contributed by atoms with Crippen LogP contribution in [0.4, 0.5) is 0 Å². The molecule has 1 aliphatic heterocycles. The number of ether oxygens (including phenoxy) is 6. The molecule has 1 N–H and O–H groups in total. The van der Waals surface area contributed by atoms with E-state index in [4.69, 9.17) is 28.4 Å². The second-order valence-electron chi connectivity index (χ2n) is 10.6. The predicted molar refractivity (Wildman–Crippen MR) is 133 cm³/mol. The summed E-state index contributed by atoms with van der Waals surface area (Å²) in [5.74, 6) is -3.19. The largest absolute Gasteiger partial charge is 0.463 e. The molecule has 218 valence electrons. The van der Waals surface area contributed by atoms with Gasteiger partial charge in [-0.2, -0.15) is 0 Å². The number of carbonyl (C=O) groups is 5. The lowest BCUT2D eigenvalue weighted by molar-refractivity contribution is -0.329. The monoisotopic (exact) mass is 554 g/mol. The highest BCUT2D eigenvalue weighted by atomic mass is 16.7. The molecule has 39 heavy (non-hydrogen) atoms. The summed E-state index contributed by atoms with van der Waals surface area (Å²) in [7, 11) is 0. The van der Waals surface area contributed by atoms with E-state index < -0.39 is 78.3 Å². The van der Waals surface area contributed by atoms with Crippen molar-refractivity contribution in [3.63, 3.8) is 0 Å². The number of aliphatic hydroxyl groups is 1. The van der Waals surface area contributed by atoms with E-state index in [-0.39, 0.29) is 12.2 Å². The predicted octanol–water partition coefficient (Wildman–Crippen LogP) is 1.70. The van der Waals surface area contributed by atoms with Gasteiger partial charge in [0, 0.05) is 45.8 Å². The van der Waals surface area contributed by atoms with E-state index >= 15 is 0 Å². The van der Waals surface area contributed by atoms with Crippen molar-refractivity contribution in [1.82, 2.24) is 0 Å². The third-order valence-corrected chi connectivity index (χ3v) is 6.32. The standard InChI is InChI=1S/C27H38O12/c1-14(28)9-10-21-26(6,7)11-19(33)12-27(21,8)39-25-24(37-18(5)32)23(36-17(4)31)22(35-16(3)30)20(38-25)13-34-15(2)29/h9,19-20,22-25,33H,11-13H2,1-8H3/t10?,19-,20+,22+,23-,24+,25-,27+/m0/s1. The van der Waals surface area contributed by atoms with Crippen molar-refractivity contribution in [2.24, 2.45) is 5.41 Å². The summed E-state index contributed by atoms with van der Waals surface area (Å²) >= 11 is 0. The molecule has 7 atom stereocenters. The van der Waals surface area contributed by atoms with Gasteiger partial charge in [-0.1, -0.05) is 13.8 Å². The molecule has 0 radical (unpaired) electrons. The van der Waals surface area contributed by atoms with E-state index in [0.717, 1.165) is 20.8 Å². The van der Waals surface area contributed by atoms with Crippen LogP contribution in [0.3, 0.4) is 0 Å². The third-order valence-electron chi connectivity index (χ3n) is 6.32. The van der Waals surface area contributed by atoms with Crippen molar-refractivity contribution < 1.29 is 57.5 Å². The topological polar surface area (TPSA) is 161 Å². The first kappa shape index (κ1) is 32.2. The maximum Gasteiger partial charge on any atom is 0.303 e. The number of aliphatic hydroxyl groups excluding tert-OH is 1. The smallest absolute Gasteiger partial charge is 0.303 e. The van der Waals surface area contributed by atoms with Crippen LogP contribution in [0.15, 0.2) is 17.4 Å². The van der Waals surface area contributed by atoms with Crippen molar-refractivity contribution >= 4 is 29.7 Å². The minimum Gasteiger partial charge on any atom is -0.463 e. The lowest BCUT2D eigenvalue weighted by atomic mass is 9.65. The lowest BCUT2D eigenvalue weighted by Gasteiger charge is -2.50. The molecule has 2 rings (SSSR count). The van der Waals surface area contributed by atoms with Gasteiger partial charge in [-0.25, -0.2) is 0 Å². The van der Waals surface area contributed by atoms with Crippen LogP contribution in [-0.2, 0) is 52.4 Å². The molecule has 12 nitrogen and oxygen atoms in total. The van der Waals surface area contributed by atoms with Gasteiger partial charge >= 0.3 is 23.9 Å². The zero-order valence-electron chi connectivity index (χ0n) is 23.6. The van der Waals surface area contributed by atoms with E-state index in [2.05, 4.69) is 5.73 Å². The highest BCUT2D eigenvalue weighted by Gasteiger charge is 2.56. The summed E-state index contributed by atoms with van der Waals surface area (Å²) in [6.07, 6.45) is -5.92. The molecular formula is C27H38O12. The Labute approximate surface area is 227 Å². The van der Waals surface area contributed by atoms with Crippen LogP contribution in [0.5, 0.6) is 0 Å². The van der Waals surface area contributed by atoms with Gasteiger partial charge in [-0.05, 0) is 25.7 Å². The molecule has 0 bridgehead atoms. The summed E-state index contributed by atoms with van der Waals surface area (Å²) < 4.78 is 33.9. The molecule has 2 aliphatic rings. The molecule has 0 unspecified atom stereocenters. The second kappa shape index (κ2) is 12.9. The number of hydrogen-bond acceptors (Lipinski definition) is 12. The van der Waals surface area contributed by atoms with E-state index in [9.17, 15) is 29.1 Å². The van der Waals surface area contributed by atoms with Crippen LogP contribution in [-0.4, -0.2) is 83.8 Å². The van der Waals surface area contributed by atoms with E-state index in [1.165, 1.54) is 19.9 Å². The minimum atomic E-state index is -1.45. The van der Waals surface area contributed by atoms with Crippen LogP contribution in [0, 0.1) is 5.41 Å². The zero-order valence-corrected chi connectivity index (χ0v) is 23.6. The molecule has 0 aromatic heterocycles. The molecule has 1 saturated heterocycles. The number of esters is 4. The Kier molecular flexibility index (Phi) is 10.6. The SMILES string of the molecule is CC(=O)C=C=C1C(C)(C)C[C@H](O)C[C@@]1(C)O[C@@H]1O[C@H](COC(C)=O)[C@@H](OC(C)=O)[C@H](OC(C)=O)[C@H]1OC(C)=O.